The maximum absolute atomic E-state index is 13.5. The van der Waals surface area contributed by atoms with Gasteiger partial charge in [0.25, 0.3) is 5.91 Å². The van der Waals surface area contributed by atoms with Gasteiger partial charge in [0.15, 0.2) is 9.84 Å². The third-order valence-corrected chi connectivity index (χ3v) is 4.84. The molecule has 1 saturated heterocycles. The van der Waals surface area contributed by atoms with Crippen molar-refractivity contribution in [1.82, 2.24) is 5.32 Å². The van der Waals surface area contributed by atoms with E-state index in [1.54, 1.807) is 0 Å². The van der Waals surface area contributed by atoms with E-state index in [-0.39, 0.29) is 22.1 Å². The maximum Gasteiger partial charge on any atom is 0.256 e. The minimum Gasteiger partial charge on any atom is -0.348 e. The number of rotatable bonds is 2. The number of hydrogen-bond acceptors (Lipinski definition) is 3. The topological polar surface area (TPSA) is 63.2 Å². The molecule has 0 radical (unpaired) electrons. The highest BCUT2D eigenvalue weighted by Crippen LogP contribution is 2.20. The van der Waals surface area contributed by atoms with E-state index in [4.69, 9.17) is 11.6 Å². The number of amides is 1. The number of benzene rings is 1. The van der Waals surface area contributed by atoms with Gasteiger partial charge in [-0.25, -0.2) is 12.8 Å². The van der Waals surface area contributed by atoms with Crippen LogP contribution >= 0.6 is 11.6 Å². The Morgan fingerprint density at radius 1 is 1.44 bits per heavy atom. The molecule has 1 aliphatic rings. The maximum atomic E-state index is 13.5. The highest BCUT2D eigenvalue weighted by atomic mass is 35.5. The summed E-state index contributed by atoms with van der Waals surface area (Å²) >= 11 is 5.75. The van der Waals surface area contributed by atoms with Crippen LogP contribution in [0.1, 0.15) is 16.8 Å². The van der Waals surface area contributed by atoms with Crippen LogP contribution < -0.4 is 5.32 Å². The first-order chi connectivity index (χ1) is 8.39. The lowest BCUT2D eigenvalue weighted by atomic mass is 10.1. The molecule has 0 saturated carbocycles. The van der Waals surface area contributed by atoms with E-state index in [0.717, 1.165) is 6.07 Å². The fourth-order valence-corrected chi connectivity index (χ4v) is 3.80. The Bertz CT molecular complexity index is 568. The van der Waals surface area contributed by atoms with Crippen LogP contribution in [0.3, 0.4) is 0 Å². The van der Waals surface area contributed by atoms with E-state index in [1.807, 2.05) is 0 Å². The fourth-order valence-electron chi connectivity index (χ4n) is 1.88. The predicted molar refractivity (Wildman–Crippen MR) is 65.9 cm³/mol. The third kappa shape index (κ3) is 2.81. The molecule has 1 aromatic rings. The summed E-state index contributed by atoms with van der Waals surface area (Å²) in [6.45, 7) is 0. The monoisotopic (exact) mass is 291 g/mol. The summed E-state index contributed by atoms with van der Waals surface area (Å²) in [5.74, 6) is -1.46. The number of halogens is 2. The Morgan fingerprint density at radius 3 is 2.72 bits per heavy atom. The lowest BCUT2D eigenvalue weighted by Crippen LogP contribution is -2.36. The second-order valence-corrected chi connectivity index (χ2v) is 6.81. The molecule has 1 atom stereocenters. The van der Waals surface area contributed by atoms with Crippen LogP contribution in [0, 0.1) is 5.82 Å². The van der Waals surface area contributed by atoms with Gasteiger partial charge in [0.05, 0.1) is 22.1 Å². The van der Waals surface area contributed by atoms with E-state index in [2.05, 4.69) is 5.32 Å². The lowest BCUT2D eigenvalue weighted by molar-refractivity contribution is 0.0937. The first kappa shape index (κ1) is 13.3. The molecule has 0 aliphatic carbocycles. The van der Waals surface area contributed by atoms with Crippen LogP contribution in [-0.4, -0.2) is 31.9 Å². The molecule has 1 N–H and O–H groups in total. The van der Waals surface area contributed by atoms with Crippen LogP contribution in [0.4, 0.5) is 4.39 Å². The van der Waals surface area contributed by atoms with Crippen LogP contribution in [0.25, 0.3) is 0 Å². The van der Waals surface area contributed by atoms with Gasteiger partial charge in [0, 0.05) is 6.04 Å². The zero-order chi connectivity index (χ0) is 13.3. The summed E-state index contributed by atoms with van der Waals surface area (Å²) < 4.78 is 35.9. The Morgan fingerprint density at radius 2 is 2.17 bits per heavy atom. The van der Waals surface area contributed by atoms with Crippen LogP contribution in [0.5, 0.6) is 0 Å². The molecule has 0 aromatic heterocycles. The molecule has 7 heteroatoms. The van der Waals surface area contributed by atoms with Crippen molar-refractivity contribution in [2.24, 2.45) is 0 Å². The molecule has 0 spiro atoms. The van der Waals surface area contributed by atoms with Crippen molar-refractivity contribution >= 4 is 27.3 Å². The van der Waals surface area contributed by atoms with Gasteiger partial charge in [0.2, 0.25) is 0 Å². The molecule has 1 amide bonds. The Balaban J connectivity index is 2.14. The van der Waals surface area contributed by atoms with Gasteiger partial charge in [-0.3, -0.25) is 4.79 Å². The minimum atomic E-state index is -3.08. The second-order valence-electron chi connectivity index (χ2n) is 4.17. The van der Waals surface area contributed by atoms with Crippen molar-refractivity contribution in [3.63, 3.8) is 0 Å². The zero-order valence-corrected chi connectivity index (χ0v) is 10.9. The largest absolute Gasteiger partial charge is 0.348 e. The SMILES string of the molecule is O=C(N[C@@H]1CCS(=O)(=O)C1)c1c(F)cccc1Cl. The summed E-state index contributed by atoms with van der Waals surface area (Å²) in [5.41, 5.74) is -0.247. The molecule has 1 heterocycles. The summed E-state index contributed by atoms with van der Waals surface area (Å²) in [6, 6.07) is 3.46. The van der Waals surface area contributed by atoms with Gasteiger partial charge in [-0.1, -0.05) is 17.7 Å². The average Bonchev–Trinajstić information content (AvgIpc) is 2.57. The van der Waals surface area contributed by atoms with Gasteiger partial charge in [-0.05, 0) is 18.6 Å². The third-order valence-electron chi connectivity index (χ3n) is 2.76. The van der Waals surface area contributed by atoms with Gasteiger partial charge in [-0.2, -0.15) is 0 Å². The number of hydrogen-bond donors (Lipinski definition) is 1. The van der Waals surface area contributed by atoms with Crippen molar-refractivity contribution in [3.8, 4) is 0 Å². The molecular weight excluding hydrogens is 281 g/mol. The van der Waals surface area contributed by atoms with Gasteiger partial charge in [0.1, 0.15) is 5.82 Å². The van der Waals surface area contributed by atoms with Crippen LogP contribution in [-0.2, 0) is 9.84 Å². The van der Waals surface area contributed by atoms with E-state index < -0.39 is 27.6 Å². The minimum absolute atomic E-state index is 0.00774. The summed E-state index contributed by atoms with van der Waals surface area (Å²) in [6.07, 6.45) is 0.347. The Kier molecular flexibility index (Phi) is 3.59. The van der Waals surface area contributed by atoms with E-state index >= 15 is 0 Å². The van der Waals surface area contributed by atoms with Gasteiger partial charge < -0.3 is 5.32 Å². The summed E-state index contributed by atoms with van der Waals surface area (Å²) in [4.78, 5) is 11.8. The lowest BCUT2D eigenvalue weighted by Gasteiger charge is -2.12. The normalized spacial score (nSPS) is 21.8. The highest BCUT2D eigenvalue weighted by Gasteiger charge is 2.30. The van der Waals surface area contributed by atoms with Crippen molar-refractivity contribution in [1.29, 1.82) is 0 Å². The first-order valence-electron chi connectivity index (χ1n) is 5.34. The Labute approximate surface area is 109 Å². The van der Waals surface area contributed by atoms with Crippen molar-refractivity contribution < 1.29 is 17.6 Å². The predicted octanol–water partition coefficient (Wildman–Crippen LogP) is 1.40. The average molecular weight is 292 g/mol. The summed E-state index contributed by atoms with van der Waals surface area (Å²) in [5, 5.41) is 2.50. The smallest absolute Gasteiger partial charge is 0.256 e. The van der Waals surface area contributed by atoms with Crippen molar-refractivity contribution in [3.05, 3.63) is 34.6 Å². The quantitative estimate of drug-likeness (QED) is 0.896. The number of nitrogens with one attached hydrogen (secondary N) is 1. The Hall–Kier alpha value is -1.14. The first-order valence-corrected chi connectivity index (χ1v) is 7.54. The van der Waals surface area contributed by atoms with E-state index in [1.165, 1.54) is 12.1 Å². The summed E-state index contributed by atoms with van der Waals surface area (Å²) in [7, 11) is -3.08. The second kappa shape index (κ2) is 4.85. The number of carbonyl (C=O) groups is 1. The molecular formula is C11H11ClFNO3S. The van der Waals surface area contributed by atoms with Crippen molar-refractivity contribution in [2.45, 2.75) is 12.5 Å². The standard InChI is InChI=1S/C11H11ClFNO3S/c12-8-2-1-3-9(13)10(8)11(15)14-7-4-5-18(16,17)6-7/h1-3,7H,4-6H2,(H,14,15)/t7-/m1/s1. The molecule has 1 aromatic carbocycles. The van der Waals surface area contributed by atoms with Gasteiger partial charge in [-0.15, -0.1) is 0 Å². The van der Waals surface area contributed by atoms with Crippen LogP contribution in [0.2, 0.25) is 5.02 Å². The zero-order valence-electron chi connectivity index (χ0n) is 9.32. The number of carbonyl (C=O) groups excluding carboxylic acids is 1. The molecule has 2 rings (SSSR count). The fraction of sp³-hybridized carbons (Fsp3) is 0.364. The molecule has 1 aliphatic heterocycles. The molecule has 18 heavy (non-hydrogen) atoms. The van der Waals surface area contributed by atoms with Crippen LogP contribution in [0.15, 0.2) is 18.2 Å². The molecule has 0 bridgehead atoms. The van der Waals surface area contributed by atoms with E-state index in [0.29, 0.717) is 6.42 Å². The van der Waals surface area contributed by atoms with Gasteiger partial charge >= 0.3 is 0 Å². The number of sulfone groups is 1. The molecule has 4 nitrogen and oxygen atoms in total. The van der Waals surface area contributed by atoms with E-state index in [9.17, 15) is 17.6 Å². The molecule has 0 unspecified atom stereocenters. The van der Waals surface area contributed by atoms with Crippen molar-refractivity contribution in [2.75, 3.05) is 11.5 Å². The molecule has 98 valence electrons. The molecule has 1 fully saturated rings. The highest BCUT2D eigenvalue weighted by molar-refractivity contribution is 7.91.